The van der Waals surface area contributed by atoms with Crippen molar-refractivity contribution in [3.63, 3.8) is 0 Å². The van der Waals surface area contributed by atoms with E-state index in [1.165, 1.54) is 4.90 Å². The number of nitriles is 1. The summed E-state index contributed by atoms with van der Waals surface area (Å²) in [6.45, 7) is 0.714. The number of rotatable bonds is 4. The minimum Gasteiger partial charge on any atom is -0.353 e. The molecule has 6 heteroatoms. The predicted molar refractivity (Wildman–Crippen MR) is 66.6 cm³/mol. The van der Waals surface area contributed by atoms with E-state index in [9.17, 15) is 9.59 Å². The van der Waals surface area contributed by atoms with Gasteiger partial charge < -0.3 is 15.5 Å². The number of nitrogens with zero attached hydrogens (tertiary/aromatic N) is 2. The van der Waals surface area contributed by atoms with E-state index in [2.05, 4.69) is 16.7 Å². The monoisotopic (exact) mass is 252 g/mol. The first kappa shape index (κ1) is 14.3. The summed E-state index contributed by atoms with van der Waals surface area (Å²) >= 11 is 0. The average Bonchev–Trinajstić information content (AvgIpc) is 2.83. The molecular formula is C12H20N4O2. The highest BCUT2D eigenvalue weighted by Gasteiger charge is 2.41. The van der Waals surface area contributed by atoms with E-state index in [-0.39, 0.29) is 11.9 Å². The van der Waals surface area contributed by atoms with Crippen LogP contribution < -0.4 is 10.6 Å². The Morgan fingerprint density at radius 3 is 2.28 bits per heavy atom. The lowest BCUT2D eigenvalue weighted by atomic mass is 9.87. The number of urea groups is 1. The van der Waals surface area contributed by atoms with Gasteiger partial charge >= 0.3 is 6.03 Å². The number of carbonyl (C=O) groups excluding carboxylic acids is 2. The third-order valence-electron chi connectivity index (χ3n) is 3.20. The fourth-order valence-electron chi connectivity index (χ4n) is 2.04. The van der Waals surface area contributed by atoms with Crippen molar-refractivity contribution in [3.8, 4) is 6.07 Å². The van der Waals surface area contributed by atoms with Crippen molar-refractivity contribution in [1.82, 2.24) is 15.5 Å². The van der Waals surface area contributed by atoms with E-state index in [1.54, 1.807) is 14.1 Å². The summed E-state index contributed by atoms with van der Waals surface area (Å²) in [5.41, 5.74) is -0.842. The van der Waals surface area contributed by atoms with Gasteiger partial charge in [-0.2, -0.15) is 5.26 Å². The molecule has 2 N–H and O–H groups in total. The second-order valence-electron chi connectivity index (χ2n) is 4.78. The van der Waals surface area contributed by atoms with Crippen LogP contribution in [0.25, 0.3) is 0 Å². The molecule has 0 saturated heterocycles. The molecule has 0 unspecified atom stereocenters. The second-order valence-corrected chi connectivity index (χ2v) is 4.78. The maximum atomic E-state index is 11.9. The van der Waals surface area contributed by atoms with Crippen LogP contribution in [0.15, 0.2) is 0 Å². The van der Waals surface area contributed by atoms with E-state index < -0.39 is 5.41 Å². The first-order valence-electron chi connectivity index (χ1n) is 6.16. The third-order valence-corrected chi connectivity index (χ3v) is 3.20. The summed E-state index contributed by atoms with van der Waals surface area (Å²) in [6.07, 6.45) is 3.13. The highest BCUT2D eigenvalue weighted by atomic mass is 16.2. The van der Waals surface area contributed by atoms with Crippen LogP contribution in [0.4, 0.5) is 4.79 Å². The van der Waals surface area contributed by atoms with E-state index in [4.69, 9.17) is 5.26 Å². The lowest BCUT2D eigenvalue weighted by Crippen LogP contribution is -2.43. The minimum absolute atomic E-state index is 0.194. The van der Waals surface area contributed by atoms with Crippen LogP contribution in [0.2, 0.25) is 0 Å². The Labute approximate surface area is 107 Å². The molecule has 1 aliphatic carbocycles. The van der Waals surface area contributed by atoms with Gasteiger partial charge in [0, 0.05) is 27.2 Å². The molecule has 0 radical (unpaired) electrons. The fraction of sp³-hybridized carbons (Fsp3) is 0.750. The zero-order chi connectivity index (χ0) is 13.6. The van der Waals surface area contributed by atoms with Gasteiger partial charge in [-0.15, -0.1) is 0 Å². The largest absolute Gasteiger partial charge is 0.353 e. The maximum absolute atomic E-state index is 11.9. The van der Waals surface area contributed by atoms with Crippen molar-refractivity contribution < 1.29 is 9.59 Å². The molecule has 0 spiro atoms. The second kappa shape index (κ2) is 6.24. The third kappa shape index (κ3) is 3.36. The van der Waals surface area contributed by atoms with Gasteiger partial charge in [0.2, 0.25) is 5.91 Å². The highest BCUT2D eigenvalue weighted by Crippen LogP contribution is 2.37. The summed E-state index contributed by atoms with van der Waals surface area (Å²) < 4.78 is 0. The fourth-order valence-corrected chi connectivity index (χ4v) is 2.04. The highest BCUT2D eigenvalue weighted by molar-refractivity contribution is 5.85. The Morgan fingerprint density at radius 1 is 1.22 bits per heavy atom. The summed E-state index contributed by atoms with van der Waals surface area (Å²) in [7, 11) is 3.30. The van der Waals surface area contributed by atoms with Crippen LogP contribution in [0.3, 0.4) is 0 Å². The van der Waals surface area contributed by atoms with Crippen LogP contribution in [0.5, 0.6) is 0 Å². The van der Waals surface area contributed by atoms with Crippen LogP contribution in [0, 0.1) is 16.7 Å². The van der Waals surface area contributed by atoms with Gasteiger partial charge in [0.1, 0.15) is 5.41 Å². The van der Waals surface area contributed by atoms with Crippen molar-refractivity contribution in [1.29, 1.82) is 5.26 Å². The van der Waals surface area contributed by atoms with Gasteiger partial charge in [0.15, 0.2) is 0 Å². The number of carbonyl (C=O) groups is 2. The molecule has 0 aromatic heterocycles. The molecule has 6 nitrogen and oxygen atoms in total. The Balaban J connectivity index is 2.29. The molecule has 18 heavy (non-hydrogen) atoms. The lowest BCUT2D eigenvalue weighted by molar-refractivity contribution is -0.127. The van der Waals surface area contributed by atoms with E-state index in [1.807, 2.05) is 0 Å². The van der Waals surface area contributed by atoms with Crippen LogP contribution in [-0.4, -0.2) is 44.0 Å². The molecule has 1 rings (SSSR count). The van der Waals surface area contributed by atoms with Gasteiger partial charge in [-0.3, -0.25) is 4.79 Å². The average molecular weight is 252 g/mol. The Bertz CT molecular complexity index is 354. The van der Waals surface area contributed by atoms with Crippen LogP contribution in [0.1, 0.15) is 25.7 Å². The van der Waals surface area contributed by atoms with Crippen LogP contribution in [-0.2, 0) is 4.79 Å². The van der Waals surface area contributed by atoms with Gasteiger partial charge in [-0.1, -0.05) is 12.8 Å². The van der Waals surface area contributed by atoms with Crippen LogP contribution >= 0.6 is 0 Å². The minimum atomic E-state index is -0.842. The predicted octanol–water partition coefficient (Wildman–Crippen LogP) is 0.458. The molecule has 100 valence electrons. The molecule has 0 aromatic rings. The summed E-state index contributed by atoms with van der Waals surface area (Å²) in [5.74, 6) is -0.207. The van der Waals surface area contributed by atoms with E-state index in [0.717, 1.165) is 12.8 Å². The van der Waals surface area contributed by atoms with Crippen molar-refractivity contribution in [2.45, 2.75) is 25.7 Å². The van der Waals surface area contributed by atoms with E-state index >= 15 is 0 Å². The maximum Gasteiger partial charge on any atom is 0.316 e. The number of hydrogen-bond donors (Lipinski definition) is 2. The molecule has 0 atom stereocenters. The van der Waals surface area contributed by atoms with E-state index in [0.29, 0.717) is 25.9 Å². The number of amides is 3. The lowest BCUT2D eigenvalue weighted by Gasteiger charge is -2.19. The molecule has 0 aromatic carbocycles. The molecule has 3 amide bonds. The molecular weight excluding hydrogens is 232 g/mol. The Kier molecular flexibility index (Phi) is 4.95. The van der Waals surface area contributed by atoms with Gasteiger partial charge in [-0.25, -0.2) is 4.79 Å². The Hall–Kier alpha value is -1.77. The van der Waals surface area contributed by atoms with Gasteiger partial charge in [0.05, 0.1) is 6.07 Å². The molecule has 1 saturated carbocycles. The SMILES string of the molecule is CN(C)C(=O)NCCNC(=O)C1(C#N)CCCC1. The van der Waals surface area contributed by atoms with Gasteiger partial charge in [-0.05, 0) is 12.8 Å². The summed E-state index contributed by atoms with van der Waals surface area (Å²) in [6, 6.07) is 1.94. The molecule has 1 fully saturated rings. The topological polar surface area (TPSA) is 85.2 Å². The molecule has 0 aliphatic heterocycles. The van der Waals surface area contributed by atoms with Crippen molar-refractivity contribution in [2.75, 3.05) is 27.2 Å². The molecule has 1 aliphatic rings. The number of nitrogens with one attached hydrogen (secondary N) is 2. The zero-order valence-corrected chi connectivity index (χ0v) is 11.0. The zero-order valence-electron chi connectivity index (χ0n) is 11.0. The van der Waals surface area contributed by atoms with Crippen molar-refractivity contribution in [2.24, 2.45) is 5.41 Å². The summed E-state index contributed by atoms with van der Waals surface area (Å²) in [4.78, 5) is 24.6. The van der Waals surface area contributed by atoms with Crippen molar-refractivity contribution in [3.05, 3.63) is 0 Å². The quantitative estimate of drug-likeness (QED) is 0.713. The van der Waals surface area contributed by atoms with Gasteiger partial charge in [0.25, 0.3) is 0 Å². The number of hydrogen-bond acceptors (Lipinski definition) is 3. The standard InChI is InChI=1S/C12H20N4O2/c1-16(2)11(18)15-8-7-14-10(17)12(9-13)5-3-4-6-12/h3-8H2,1-2H3,(H,14,17)(H,15,18). The smallest absolute Gasteiger partial charge is 0.316 e. The first-order valence-corrected chi connectivity index (χ1v) is 6.16. The molecule has 0 heterocycles. The first-order chi connectivity index (χ1) is 8.52. The molecule has 0 bridgehead atoms. The Morgan fingerprint density at radius 2 is 1.78 bits per heavy atom. The normalized spacial score (nSPS) is 16.7. The van der Waals surface area contributed by atoms with Crippen molar-refractivity contribution >= 4 is 11.9 Å². The summed E-state index contributed by atoms with van der Waals surface area (Å²) in [5, 5.41) is 14.5.